The second kappa shape index (κ2) is 6.39. The van der Waals surface area contributed by atoms with Crippen molar-refractivity contribution in [3.63, 3.8) is 0 Å². The van der Waals surface area contributed by atoms with Crippen molar-refractivity contribution in [3.05, 3.63) is 42.0 Å². The fourth-order valence-electron chi connectivity index (χ4n) is 1.39. The summed E-state index contributed by atoms with van der Waals surface area (Å²) in [6.45, 7) is 6.42. The van der Waals surface area contributed by atoms with Gasteiger partial charge in [-0.15, -0.1) is 0 Å². The van der Waals surface area contributed by atoms with E-state index in [0.29, 0.717) is 0 Å². The lowest BCUT2D eigenvalue weighted by atomic mass is 10.1. The summed E-state index contributed by atoms with van der Waals surface area (Å²) in [5.41, 5.74) is 2.69. The third-order valence-electron chi connectivity index (χ3n) is 2.25. The van der Waals surface area contributed by atoms with Crippen LogP contribution >= 0.6 is 0 Å². The lowest BCUT2D eigenvalue weighted by molar-refractivity contribution is 0.727. The Hall–Kier alpha value is -1.08. The van der Waals surface area contributed by atoms with Crippen LogP contribution in [0.1, 0.15) is 25.8 Å². The van der Waals surface area contributed by atoms with E-state index in [9.17, 15) is 0 Å². The highest BCUT2D eigenvalue weighted by molar-refractivity contribution is 5.63. The summed E-state index contributed by atoms with van der Waals surface area (Å²) in [6.07, 6.45) is 3.40. The molecule has 0 saturated carbocycles. The van der Waals surface area contributed by atoms with E-state index in [1.807, 2.05) is 0 Å². The van der Waals surface area contributed by atoms with Gasteiger partial charge in [-0.05, 0) is 37.6 Å². The van der Waals surface area contributed by atoms with Crippen molar-refractivity contribution in [2.75, 3.05) is 13.1 Å². The highest BCUT2D eigenvalue weighted by atomic mass is 14.8. The van der Waals surface area contributed by atoms with Gasteiger partial charge in [-0.25, -0.2) is 0 Å². The summed E-state index contributed by atoms with van der Waals surface area (Å²) in [6, 6.07) is 10.5. The van der Waals surface area contributed by atoms with E-state index in [0.717, 1.165) is 19.5 Å². The normalized spacial score (nSPS) is 11.7. The van der Waals surface area contributed by atoms with E-state index >= 15 is 0 Å². The lowest BCUT2D eigenvalue weighted by Gasteiger charge is -2.01. The number of hydrogen-bond donors (Lipinski definition) is 1. The van der Waals surface area contributed by atoms with Gasteiger partial charge in [0.1, 0.15) is 0 Å². The number of nitrogens with one attached hydrogen (secondary N) is 1. The molecule has 76 valence electrons. The van der Waals surface area contributed by atoms with Gasteiger partial charge >= 0.3 is 0 Å². The number of rotatable bonds is 5. The minimum absolute atomic E-state index is 1.05. The van der Waals surface area contributed by atoms with E-state index in [-0.39, 0.29) is 0 Å². The molecule has 0 spiro atoms. The maximum absolute atomic E-state index is 3.31. The van der Waals surface area contributed by atoms with E-state index < -0.39 is 0 Å². The Morgan fingerprint density at radius 2 is 2.00 bits per heavy atom. The zero-order valence-corrected chi connectivity index (χ0v) is 9.09. The predicted molar refractivity (Wildman–Crippen MR) is 63.3 cm³/mol. The molecule has 0 saturated heterocycles. The molecular formula is C13H19N. The monoisotopic (exact) mass is 189 g/mol. The van der Waals surface area contributed by atoms with Crippen LogP contribution in [0, 0.1) is 0 Å². The van der Waals surface area contributed by atoms with Crippen LogP contribution in [-0.4, -0.2) is 13.1 Å². The van der Waals surface area contributed by atoms with Crippen LogP contribution in [0.25, 0.3) is 5.57 Å². The highest BCUT2D eigenvalue weighted by Crippen LogP contribution is 2.12. The first-order chi connectivity index (χ1) is 6.84. The predicted octanol–water partition coefficient (Wildman–Crippen LogP) is 3.09. The first-order valence-corrected chi connectivity index (χ1v) is 5.27. The molecule has 0 atom stereocenters. The Balaban J connectivity index is 2.44. The fraction of sp³-hybridized carbons (Fsp3) is 0.385. The third-order valence-corrected chi connectivity index (χ3v) is 2.25. The topological polar surface area (TPSA) is 12.0 Å². The Labute approximate surface area is 86.8 Å². The molecular weight excluding hydrogens is 170 g/mol. The maximum Gasteiger partial charge on any atom is -0.00142 e. The number of allylic oxidation sites excluding steroid dienone is 1. The van der Waals surface area contributed by atoms with Gasteiger partial charge in [-0.2, -0.15) is 0 Å². The van der Waals surface area contributed by atoms with Crippen LogP contribution < -0.4 is 5.32 Å². The van der Waals surface area contributed by atoms with E-state index in [2.05, 4.69) is 55.6 Å². The van der Waals surface area contributed by atoms with Crippen LogP contribution in [0.15, 0.2) is 36.4 Å². The van der Waals surface area contributed by atoms with Gasteiger partial charge in [-0.1, -0.05) is 43.3 Å². The minimum atomic E-state index is 1.05. The summed E-state index contributed by atoms with van der Waals surface area (Å²) < 4.78 is 0. The molecule has 0 radical (unpaired) electrons. The van der Waals surface area contributed by atoms with Crippen LogP contribution in [0.4, 0.5) is 0 Å². The number of benzene rings is 1. The zero-order valence-electron chi connectivity index (χ0n) is 9.09. The second-order valence-electron chi connectivity index (χ2n) is 3.40. The van der Waals surface area contributed by atoms with Crippen molar-refractivity contribution < 1.29 is 0 Å². The molecule has 0 amide bonds. The zero-order chi connectivity index (χ0) is 10.2. The largest absolute Gasteiger partial charge is 0.317 e. The summed E-state index contributed by atoms with van der Waals surface area (Å²) in [5.74, 6) is 0. The van der Waals surface area contributed by atoms with Crippen molar-refractivity contribution in [2.45, 2.75) is 20.3 Å². The van der Waals surface area contributed by atoms with Crippen molar-refractivity contribution in [1.29, 1.82) is 0 Å². The summed E-state index contributed by atoms with van der Waals surface area (Å²) >= 11 is 0. The van der Waals surface area contributed by atoms with Gasteiger partial charge in [0.05, 0.1) is 0 Å². The lowest BCUT2D eigenvalue weighted by Crippen LogP contribution is -2.13. The highest BCUT2D eigenvalue weighted by Gasteiger charge is 1.92. The van der Waals surface area contributed by atoms with Crippen LogP contribution in [0.3, 0.4) is 0 Å². The summed E-state index contributed by atoms with van der Waals surface area (Å²) in [5, 5.41) is 3.31. The maximum atomic E-state index is 3.31. The van der Waals surface area contributed by atoms with E-state index in [4.69, 9.17) is 0 Å². The second-order valence-corrected chi connectivity index (χ2v) is 3.40. The van der Waals surface area contributed by atoms with Gasteiger partial charge in [-0.3, -0.25) is 0 Å². The molecule has 14 heavy (non-hydrogen) atoms. The van der Waals surface area contributed by atoms with Crippen molar-refractivity contribution in [1.82, 2.24) is 5.32 Å². The first kappa shape index (κ1) is 11.0. The molecule has 1 aromatic carbocycles. The Bertz CT molecular complexity index is 275. The quantitative estimate of drug-likeness (QED) is 0.702. The fourth-order valence-corrected chi connectivity index (χ4v) is 1.39. The molecule has 1 N–H and O–H groups in total. The molecule has 1 heteroatoms. The SMILES string of the molecule is CCNCCC=C(C)c1ccccc1. The minimum Gasteiger partial charge on any atom is -0.317 e. The molecule has 1 aromatic rings. The van der Waals surface area contributed by atoms with E-state index in [1.165, 1.54) is 11.1 Å². The molecule has 0 bridgehead atoms. The molecule has 1 rings (SSSR count). The van der Waals surface area contributed by atoms with Crippen molar-refractivity contribution in [2.24, 2.45) is 0 Å². The average Bonchev–Trinajstić information content (AvgIpc) is 2.25. The van der Waals surface area contributed by atoms with Crippen LogP contribution in [0.5, 0.6) is 0 Å². The summed E-state index contributed by atoms with van der Waals surface area (Å²) in [4.78, 5) is 0. The summed E-state index contributed by atoms with van der Waals surface area (Å²) in [7, 11) is 0. The molecule has 0 aromatic heterocycles. The molecule has 0 aliphatic carbocycles. The first-order valence-electron chi connectivity index (χ1n) is 5.27. The van der Waals surface area contributed by atoms with Crippen molar-refractivity contribution >= 4 is 5.57 Å². The van der Waals surface area contributed by atoms with Gasteiger partial charge in [0.25, 0.3) is 0 Å². The Morgan fingerprint density at radius 3 is 2.64 bits per heavy atom. The van der Waals surface area contributed by atoms with Crippen LogP contribution in [0.2, 0.25) is 0 Å². The molecule has 0 fully saturated rings. The Kier molecular flexibility index (Phi) is 5.02. The van der Waals surface area contributed by atoms with Gasteiger partial charge in [0, 0.05) is 0 Å². The smallest absolute Gasteiger partial charge is 0.00142 e. The van der Waals surface area contributed by atoms with Gasteiger partial charge in [0.2, 0.25) is 0 Å². The molecule has 1 nitrogen and oxygen atoms in total. The third kappa shape index (κ3) is 3.75. The average molecular weight is 189 g/mol. The molecule has 0 aliphatic rings. The molecule has 0 heterocycles. The van der Waals surface area contributed by atoms with Gasteiger partial charge < -0.3 is 5.32 Å². The van der Waals surface area contributed by atoms with Crippen molar-refractivity contribution in [3.8, 4) is 0 Å². The molecule has 0 unspecified atom stereocenters. The van der Waals surface area contributed by atoms with E-state index in [1.54, 1.807) is 0 Å². The number of hydrogen-bond acceptors (Lipinski definition) is 1. The van der Waals surface area contributed by atoms with Crippen LogP contribution in [-0.2, 0) is 0 Å². The standard InChI is InChI=1S/C13H19N/c1-3-14-11-7-8-12(2)13-9-5-4-6-10-13/h4-6,8-10,14H,3,7,11H2,1-2H3. The molecule has 0 aliphatic heterocycles. The van der Waals surface area contributed by atoms with Gasteiger partial charge in [0.15, 0.2) is 0 Å². The Morgan fingerprint density at radius 1 is 1.29 bits per heavy atom.